The van der Waals surface area contributed by atoms with Crippen LogP contribution in [0, 0.1) is 5.92 Å². The van der Waals surface area contributed by atoms with Crippen molar-refractivity contribution in [3.05, 3.63) is 23.9 Å². The second-order valence-electron chi connectivity index (χ2n) is 7.37. The number of aromatic nitrogens is 1. The summed E-state index contributed by atoms with van der Waals surface area (Å²) in [4.78, 5) is 21.5. The van der Waals surface area contributed by atoms with Crippen LogP contribution >= 0.6 is 0 Å². The minimum absolute atomic E-state index is 0.323. The lowest BCUT2D eigenvalue weighted by Crippen LogP contribution is -2.40. The molecule has 1 aromatic rings. The monoisotopic (exact) mass is 345 g/mol. The number of fused-ring (bicyclic) bond motifs is 1. The summed E-state index contributed by atoms with van der Waals surface area (Å²) >= 11 is 0. The van der Waals surface area contributed by atoms with Crippen LogP contribution in [-0.2, 0) is 16.1 Å². The Morgan fingerprint density at radius 2 is 2.12 bits per heavy atom. The zero-order valence-electron chi connectivity index (χ0n) is 14.9. The molecular formula is C19H27N3O3. The molecule has 0 unspecified atom stereocenters. The molecule has 3 aliphatic rings. The molecule has 6 nitrogen and oxygen atoms in total. The van der Waals surface area contributed by atoms with E-state index in [4.69, 9.17) is 9.47 Å². The first kappa shape index (κ1) is 16.8. The fourth-order valence-corrected chi connectivity index (χ4v) is 4.60. The number of hydrogen-bond acceptors (Lipinski definition) is 5. The van der Waals surface area contributed by atoms with E-state index < -0.39 is 0 Å². The topological polar surface area (TPSA) is 54.9 Å². The molecule has 25 heavy (non-hydrogen) atoms. The van der Waals surface area contributed by atoms with Crippen LogP contribution in [0.4, 0.5) is 0 Å². The standard InChI is InChI=1S/C19H27N3O3/c1-24-19-15(3-2-7-20-19)13-21-8-4-16-17(21)11-18(23)22(16)12-14-5-9-25-10-6-14/h2-3,7,14,16-17H,4-6,8-13H2,1H3/t16-,17+/m1/s1. The summed E-state index contributed by atoms with van der Waals surface area (Å²) in [5.41, 5.74) is 1.10. The third kappa shape index (κ3) is 3.37. The molecule has 3 saturated heterocycles. The molecule has 0 bridgehead atoms. The zero-order chi connectivity index (χ0) is 17.2. The smallest absolute Gasteiger partial charge is 0.224 e. The average molecular weight is 345 g/mol. The van der Waals surface area contributed by atoms with Crippen molar-refractivity contribution >= 4 is 5.91 Å². The minimum Gasteiger partial charge on any atom is -0.481 e. The molecule has 1 aromatic heterocycles. The Bertz CT molecular complexity index is 618. The van der Waals surface area contributed by atoms with Gasteiger partial charge in [-0.15, -0.1) is 0 Å². The summed E-state index contributed by atoms with van der Waals surface area (Å²) in [6.07, 6.45) is 5.64. The third-order valence-corrected chi connectivity index (χ3v) is 5.94. The van der Waals surface area contributed by atoms with Crippen LogP contribution in [0.3, 0.4) is 0 Å². The quantitative estimate of drug-likeness (QED) is 0.813. The largest absolute Gasteiger partial charge is 0.481 e. The number of nitrogens with zero attached hydrogens (tertiary/aromatic N) is 3. The number of carbonyl (C=O) groups excluding carboxylic acids is 1. The number of amides is 1. The lowest BCUT2D eigenvalue weighted by molar-refractivity contribution is -0.130. The number of methoxy groups -OCH3 is 1. The maximum Gasteiger partial charge on any atom is 0.224 e. The van der Waals surface area contributed by atoms with Crippen LogP contribution in [0.1, 0.15) is 31.2 Å². The maximum absolute atomic E-state index is 12.6. The minimum atomic E-state index is 0.323. The van der Waals surface area contributed by atoms with Crippen molar-refractivity contribution in [3.8, 4) is 5.88 Å². The molecule has 136 valence electrons. The van der Waals surface area contributed by atoms with Gasteiger partial charge in [-0.1, -0.05) is 6.07 Å². The Balaban J connectivity index is 1.42. The number of likely N-dealkylation sites (tertiary alicyclic amines) is 2. The van der Waals surface area contributed by atoms with E-state index in [0.717, 1.165) is 57.7 Å². The highest BCUT2D eigenvalue weighted by atomic mass is 16.5. The summed E-state index contributed by atoms with van der Waals surface area (Å²) in [5.74, 6) is 1.61. The molecule has 3 aliphatic heterocycles. The Morgan fingerprint density at radius 1 is 1.28 bits per heavy atom. The lowest BCUT2D eigenvalue weighted by atomic mass is 9.99. The van der Waals surface area contributed by atoms with Gasteiger partial charge in [-0.3, -0.25) is 9.69 Å². The van der Waals surface area contributed by atoms with Crippen LogP contribution in [-0.4, -0.2) is 66.2 Å². The second-order valence-corrected chi connectivity index (χ2v) is 7.37. The van der Waals surface area contributed by atoms with E-state index in [9.17, 15) is 4.79 Å². The molecule has 0 aromatic carbocycles. The van der Waals surface area contributed by atoms with E-state index in [1.54, 1.807) is 13.3 Å². The van der Waals surface area contributed by atoms with Gasteiger partial charge in [0.25, 0.3) is 0 Å². The Kier molecular flexibility index (Phi) is 4.90. The molecule has 0 radical (unpaired) electrons. The maximum atomic E-state index is 12.6. The SMILES string of the molecule is COc1ncccc1CN1CC[C@@H]2[C@@H]1CC(=O)N2CC1CCOCC1. The van der Waals surface area contributed by atoms with Crippen molar-refractivity contribution in [1.82, 2.24) is 14.8 Å². The van der Waals surface area contributed by atoms with Crippen molar-refractivity contribution in [2.45, 2.75) is 44.3 Å². The van der Waals surface area contributed by atoms with E-state index in [2.05, 4.69) is 20.9 Å². The van der Waals surface area contributed by atoms with Crippen molar-refractivity contribution in [1.29, 1.82) is 0 Å². The number of carbonyl (C=O) groups is 1. The molecule has 6 heteroatoms. The third-order valence-electron chi connectivity index (χ3n) is 5.94. The molecule has 0 N–H and O–H groups in total. The fraction of sp³-hybridized carbons (Fsp3) is 0.684. The first-order valence-corrected chi connectivity index (χ1v) is 9.35. The summed E-state index contributed by atoms with van der Waals surface area (Å²) < 4.78 is 10.8. The molecule has 4 rings (SSSR count). The van der Waals surface area contributed by atoms with Gasteiger partial charge >= 0.3 is 0 Å². The van der Waals surface area contributed by atoms with Gasteiger partial charge < -0.3 is 14.4 Å². The molecule has 0 saturated carbocycles. The molecule has 0 spiro atoms. The van der Waals surface area contributed by atoms with Crippen LogP contribution in [0.5, 0.6) is 5.88 Å². The van der Waals surface area contributed by atoms with Crippen LogP contribution in [0.2, 0.25) is 0 Å². The number of rotatable bonds is 5. The fourth-order valence-electron chi connectivity index (χ4n) is 4.60. The number of pyridine rings is 1. The average Bonchev–Trinajstić information content (AvgIpc) is 3.17. The van der Waals surface area contributed by atoms with Gasteiger partial charge in [-0.05, 0) is 31.2 Å². The summed E-state index contributed by atoms with van der Waals surface area (Å²) in [6, 6.07) is 4.72. The van der Waals surface area contributed by atoms with Gasteiger partial charge in [0.1, 0.15) is 0 Å². The summed E-state index contributed by atoms with van der Waals surface area (Å²) in [7, 11) is 1.66. The van der Waals surface area contributed by atoms with E-state index in [1.165, 1.54) is 0 Å². The Labute approximate surface area is 149 Å². The summed E-state index contributed by atoms with van der Waals surface area (Å²) in [5, 5.41) is 0. The highest BCUT2D eigenvalue weighted by molar-refractivity contribution is 5.80. The molecule has 0 aliphatic carbocycles. The van der Waals surface area contributed by atoms with Crippen LogP contribution in [0.15, 0.2) is 18.3 Å². The van der Waals surface area contributed by atoms with Gasteiger partial charge in [0.2, 0.25) is 11.8 Å². The van der Waals surface area contributed by atoms with Crippen LogP contribution < -0.4 is 4.74 Å². The second kappa shape index (κ2) is 7.30. The number of hydrogen-bond donors (Lipinski definition) is 0. The molecule has 3 fully saturated rings. The van der Waals surface area contributed by atoms with Crippen molar-refractivity contribution < 1.29 is 14.3 Å². The van der Waals surface area contributed by atoms with Crippen molar-refractivity contribution in [2.75, 3.05) is 33.4 Å². The van der Waals surface area contributed by atoms with E-state index in [0.29, 0.717) is 36.2 Å². The molecule has 2 atom stereocenters. The molecule has 4 heterocycles. The Morgan fingerprint density at radius 3 is 2.92 bits per heavy atom. The van der Waals surface area contributed by atoms with E-state index >= 15 is 0 Å². The van der Waals surface area contributed by atoms with E-state index in [1.807, 2.05) is 6.07 Å². The number of ether oxygens (including phenoxy) is 2. The van der Waals surface area contributed by atoms with Crippen molar-refractivity contribution in [2.24, 2.45) is 5.92 Å². The normalized spacial score (nSPS) is 27.7. The van der Waals surface area contributed by atoms with Crippen molar-refractivity contribution in [3.63, 3.8) is 0 Å². The lowest BCUT2D eigenvalue weighted by Gasteiger charge is -2.31. The first-order chi connectivity index (χ1) is 12.3. The van der Waals surface area contributed by atoms with Gasteiger partial charge in [0.15, 0.2) is 0 Å². The zero-order valence-corrected chi connectivity index (χ0v) is 14.9. The van der Waals surface area contributed by atoms with E-state index in [-0.39, 0.29) is 0 Å². The van der Waals surface area contributed by atoms with Gasteiger partial charge in [0, 0.05) is 63.1 Å². The summed E-state index contributed by atoms with van der Waals surface area (Å²) in [6.45, 7) is 4.43. The predicted octanol–water partition coefficient (Wildman–Crippen LogP) is 1.69. The van der Waals surface area contributed by atoms with Crippen LogP contribution in [0.25, 0.3) is 0 Å². The van der Waals surface area contributed by atoms with Gasteiger partial charge in [-0.2, -0.15) is 0 Å². The highest BCUT2D eigenvalue weighted by Gasteiger charge is 2.47. The Hall–Kier alpha value is -1.66. The predicted molar refractivity (Wildman–Crippen MR) is 93.3 cm³/mol. The molecule has 1 amide bonds. The first-order valence-electron chi connectivity index (χ1n) is 9.35. The van der Waals surface area contributed by atoms with Gasteiger partial charge in [-0.25, -0.2) is 4.98 Å². The van der Waals surface area contributed by atoms with Gasteiger partial charge in [0.05, 0.1) is 7.11 Å². The highest BCUT2D eigenvalue weighted by Crippen LogP contribution is 2.35. The molecular weight excluding hydrogens is 318 g/mol.